The monoisotopic (exact) mass is 334 g/mol. The fourth-order valence-electron chi connectivity index (χ4n) is 1.79. The normalized spacial score (nSPS) is 10.1. The molecule has 0 aliphatic carbocycles. The second-order valence-corrected chi connectivity index (χ2v) is 5.07. The number of ether oxygens (including phenoxy) is 1. The molecule has 104 valence electrons. The fourth-order valence-corrected chi connectivity index (χ4v) is 2.30. The predicted octanol–water partition coefficient (Wildman–Crippen LogP) is 3.68. The van der Waals surface area contributed by atoms with E-state index in [1.54, 1.807) is 24.3 Å². The summed E-state index contributed by atoms with van der Waals surface area (Å²) >= 11 is 3.32. The van der Waals surface area contributed by atoms with Crippen molar-refractivity contribution in [1.29, 1.82) is 0 Å². The molecule has 0 fully saturated rings. The second-order valence-electron chi connectivity index (χ2n) is 4.16. The summed E-state index contributed by atoms with van der Waals surface area (Å²) in [6.07, 6.45) is 0. The third kappa shape index (κ3) is 3.51. The number of nitrogen functional groups attached to an aromatic ring is 1. The Morgan fingerprint density at radius 3 is 2.75 bits per heavy atom. The molecule has 0 saturated carbocycles. The van der Waals surface area contributed by atoms with Gasteiger partial charge in [-0.2, -0.15) is 0 Å². The van der Waals surface area contributed by atoms with Crippen LogP contribution in [0.4, 0.5) is 11.4 Å². The average molecular weight is 335 g/mol. The van der Waals surface area contributed by atoms with E-state index in [-0.39, 0.29) is 5.91 Å². The first-order valence-electron chi connectivity index (χ1n) is 6.19. The van der Waals surface area contributed by atoms with E-state index >= 15 is 0 Å². The molecule has 2 aromatic rings. The van der Waals surface area contributed by atoms with E-state index < -0.39 is 0 Å². The second kappa shape index (κ2) is 6.43. The molecular weight excluding hydrogens is 320 g/mol. The topological polar surface area (TPSA) is 64.3 Å². The molecule has 5 heteroatoms. The highest BCUT2D eigenvalue weighted by molar-refractivity contribution is 9.10. The molecule has 1 amide bonds. The number of benzene rings is 2. The minimum atomic E-state index is -0.231. The number of hydrogen-bond donors (Lipinski definition) is 2. The molecule has 0 saturated heterocycles. The summed E-state index contributed by atoms with van der Waals surface area (Å²) in [6.45, 7) is 2.43. The molecule has 0 spiro atoms. The number of carbonyl (C=O) groups is 1. The van der Waals surface area contributed by atoms with Crippen molar-refractivity contribution >= 4 is 33.2 Å². The maximum atomic E-state index is 12.2. The Balaban J connectivity index is 2.23. The van der Waals surface area contributed by atoms with Crippen LogP contribution in [0, 0.1) is 0 Å². The van der Waals surface area contributed by atoms with Gasteiger partial charge in [0, 0.05) is 15.7 Å². The maximum Gasteiger partial charge on any atom is 0.255 e. The molecule has 0 unspecified atom stereocenters. The average Bonchev–Trinajstić information content (AvgIpc) is 2.40. The highest BCUT2D eigenvalue weighted by Crippen LogP contribution is 2.25. The van der Waals surface area contributed by atoms with Crippen molar-refractivity contribution in [2.75, 3.05) is 17.7 Å². The minimum Gasteiger partial charge on any atom is -0.492 e. The lowest BCUT2D eigenvalue weighted by atomic mass is 10.2. The van der Waals surface area contributed by atoms with Crippen molar-refractivity contribution in [3.63, 3.8) is 0 Å². The van der Waals surface area contributed by atoms with Gasteiger partial charge in [-0.25, -0.2) is 0 Å². The van der Waals surface area contributed by atoms with Crippen molar-refractivity contribution in [2.24, 2.45) is 0 Å². The molecule has 0 heterocycles. The summed E-state index contributed by atoms with van der Waals surface area (Å²) in [5.41, 5.74) is 7.39. The van der Waals surface area contributed by atoms with Gasteiger partial charge in [-0.05, 0) is 37.3 Å². The van der Waals surface area contributed by atoms with Gasteiger partial charge in [0.05, 0.1) is 12.3 Å². The number of hydrogen-bond acceptors (Lipinski definition) is 3. The first-order valence-corrected chi connectivity index (χ1v) is 6.98. The van der Waals surface area contributed by atoms with Gasteiger partial charge in [0.25, 0.3) is 5.91 Å². The van der Waals surface area contributed by atoms with E-state index in [1.165, 1.54) is 0 Å². The minimum absolute atomic E-state index is 0.231. The summed E-state index contributed by atoms with van der Waals surface area (Å²) in [5, 5.41) is 2.83. The van der Waals surface area contributed by atoms with Crippen LogP contribution in [0.5, 0.6) is 5.75 Å². The molecule has 20 heavy (non-hydrogen) atoms. The third-order valence-electron chi connectivity index (χ3n) is 2.62. The lowest BCUT2D eigenvalue weighted by Gasteiger charge is -2.11. The Morgan fingerprint density at radius 1 is 1.30 bits per heavy atom. The van der Waals surface area contributed by atoms with Crippen LogP contribution in [0.2, 0.25) is 0 Å². The van der Waals surface area contributed by atoms with E-state index in [4.69, 9.17) is 10.5 Å². The maximum absolute atomic E-state index is 12.2. The van der Waals surface area contributed by atoms with Gasteiger partial charge in [0.15, 0.2) is 0 Å². The molecule has 4 nitrogen and oxygen atoms in total. The van der Waals surface area contributed by atoms with Crippen LogP contribution in [0.3, 0.4) is 0 Å². The van der Waals surface area contributed by atoms with Crippen molar-refractivity contribution in [1.82, 2.24) is 0 Å². The van der Waals surface area contributed by atoms with Crippen molar-refractivity contribution in [3.8, 4) is 5.75 Å². The first kappa shape index (κ1) is 14.4. The van der Waals surface area contributed by atoms with Crippen molar-refractivity contribution < 1.29 is 9.53 Å². The van der Waals surface area contributed by atoms with E-state index in [0.29, 0.717) is 29.3 Å². The Labute approximate surface area is 126 Å². The van der Waals surface area contributed by atoms with Gasteiger partial charge >= 0.3 is 0 Å². The number of nitrogens with two attached hydrogens (primary N) is 1. The Morgan fingerprint density at radius 2 is 2.05 bits per heavy atom. The van der Waals surface area contributed by atoms with E-state index in [9.17, 15) is 4.79 Å². The standard InChI is InChI=1S/C15H15BrN2O2/c1-2-20-14-6-4-3-5-13(14)18-15(19)10-7-11(16)9-12(17)8-10/h3-9H,2,17H2,1H3,(H,18,19). The molecule has 0 radical (unpaired) electrons. The Hall–Kier alpha value is -2.01. The van der Waals surface area contributed by atoms with E-state index in [0.717, 1.165) is 4.47 Å². The zero-order valence-electron chi connectivity index (χ0n) is 11.0. The smallest absolute Gasteiger partial charge is 0.255 e. The highest BCUT2D eigenvalue weighted by atomic mass is 79.9. The lowest BCUT2D eigenvalue weighted by molar-refractivity contribution is 0.102. The highest BCUT2D eigenvalue weighted by Gasteiger charge is 2.10. The number of para-hydroxylation sites is 2. The van der Waals surface area contributed by atoms with Crippen molar-refractivity contribution in [3.05, 3.63) is 52.5 Å². The van der Waals surface area contributed by atoms with Gasteiger partial charge in [-0.3, -0.25) is 4.79 Å². The van der Waals surface area contributed by atoms with Gasteiger partial charge in [0.2, 0.25) is 0 Å². The zero-order chi connectivity index (χ0) is 14.5. The lowest BCUT2D eigenvalue weighted by Crippen LogP contribution is -2.13. The quantitative estimate of drug-likeness (QED) is 0.838. The van der Waals surface area contributed by atoms with Gasteiger partial charge in [-0.15, -0.1) is 0 Å². The van der Waals surface area contributed by atoms with Gasteiger partial charge < -0.3 is 15.8 Å². The predicted molar refractivity (Wildman–Crippen MR) is 84.1 cm³/mol. The number of amides is 1. The number of anilines is 2. The van der Waals surface area contributed by atoms with E-state index in [2.05, 4.69) is 21.2 Å². The first-order chi connectivity index (χ1) is 9.60. The molecule has 3 N–H and O–H groups in total. The summed E-state index contributed by atoms with van der Waals surface area (Å²) in [4.78, 5) is 12.2. The Bertz CT molecular complexity index is 609. The van der Waals surface area contributed by atoms with E-state index in [1.807, 2.05) is 25.1 Å². The SMILES string of the molecule is CCOc1ccccc1NC(=O)c1cc(N)cc(Br)c1. The number of rotatable bonds is 4. The molecule has 0 aromatic heterocycles. The van der Waals surface area contributed by atoms with Crippen LogP contribution in [0.15, 0.2) is 46.9 Å². The van der Waals surface area contributed by atoms with Crippen LogP contribution >= 0.6 is 15.9 Å². The number of halogens is 1. The molecule has 0 aliphatic heterocycles. The summed E-state index contributed by atoms with van der Waals surface area (Å²) in [5.74, 6) is 0.413. The summed E-state index contributed by atoms with van der Waals surface area (Å²) < 4.78 is 6.24. The summed E-state index contributed by atoms with van der Waals surface area (Å²) in [7, 11) is 0. The van der Waals surface area contributed by atoms with Crippen LogP contribution in [0.1, 0.15) is 17.3 Å². The number of nitrogens with one attached hydrogen (secondary N) is 1. The van der Waals surface area contributed by atoms with Crippen LogP contribution < -0.4 is 15.8 Å². The van der Waals surface area contributed by atoms with Gasteiger partial charge in [-0.1, -0.05) is 28.1 Å². The third-order valence-corrected chi connectivity index (χ3v) is 3.08. The number of carbonyl (C=O) groups excluding carboxylic acids is 1. The molecule has 2 rings (SSSR count). The largest absolute Gasteiger partial charge is 0.492 e. The fraction of sp³-hybridized carbons (Fsp3) is 0.133. The van der Waals surface area contributed by atoms with Crippen LogP contribution in [0.25, 0.3) is 0 Å². The Kier molecular flexibility index (Phi) is 4.63. The molecule has 0 aliphatic rings. The van der Waals surface area contributed by atoms with Crippen LogP contribution in [-0.4, -0.2) is 12.5 Å². The molecule has 0 bridgehead atoms. The van der Waals surface area contributed by atoms with Crippen LogP contribution in [-0.2, 0) is 0 Å². The zero-order valence-corrected chi connectivity index (χ0v) is 12.6. The molecule has 0 atom stereocenters. The van der Waals surface area contributed by atoms with Gasteiger partial charge in [0.1, 0.15) is 5.75 Å². The molecular formula is C15H15BrN2O2. The molecule has 2 aromatic carbocycles. The van der Waals surface area contributed by atoms with Crippen molar-refractivity contribution in [2.45, 2.75) is 6.92 Å². The summed E-state index contributed by atoms with van der Waals surface area (Å²) in [6, 6.07) is 12.4.